The van der Waals surface area contributed by atoms with E-state index in [1.807, 2.05) is 60.7 Å². The zero-order valence-corrected chi connectivity index (χ0v) is 13.4. The van der Waals surface area contributed by atoms with Gasteiger partial charge in [0.15, 0.2) is 5.82 Å². The monoisotopic (exact) mass is 325 g/mol. The van der Waals surface area contributed by atoms with E-state index in [0.29, 0.717) is 10.6 Å². The molecule has 0 saturated carbocycles. The number of rotatable bonds is 3. The van der Waals surface area contributed by atoms with Crippen LogP contribution in [0.4, 0.5) is 4.79 Å². The fourth-order valence-electron chi connectivity index (χ4n) is 2.29. The lowest BCUT2D eigenvalue weighted by Gasteiger charge is -2.12. The van der Waals surface area contributed by atoms with Crippen LogP contribution < -0.4 is 0 Å². The smallest absolute Gasteiger partial charge is 0.435 e. The molecule has 2 aromatic carbocycles. The van der Waals surface area contributed by atoms with Gasteiger partial charge in [-0.3, -0.25) is 0 Å². The summed E-state index contributed by atoms with van der Waals surface area (Å²) >= 11 is 5.37. The normalized spacial score (nSPS) is 10.5. The Hall–Kier alpha value is -2.73. The molecule has 0 saturated heterocycles. The molecule has 5 nitrogen and oxygen atoms in total. The van der Waals surface area contributed by atoms with E-state index in [4.69, 9.17) is 17.0 Å². The average molecular weight is 325 g/mol. The molecule has 0 bridgehead atoms. The molecule has 0 N–H and O–H groups in total. The summed E-state index contributed by atoms with van der Waals surface area (Å²) in [5.74, 6) is 0.456. The van der Waals surface area contributed by atoms with Crippen molar-refractivity contribution in [1.82, 2.24) is 14.3 Å². The molecule has 0 aliphatic carbocycles. The Kier molecular flexibility index (Phi) is 4.34. The molecule has 0 amide bonds. The summed E-state index contributed by atoms with van der Waals surface area (Å²) in [5.41, 5.74) is 1.54. The summed E-state index contributed by atoms with van der Waals surface area (Å²) in [6.45, 7) is 2.03. The summed E-state index contributed by atoms with van der Waals surface area (Å²) in [7, 11) is 0. The van der Waals surface area contributed by atoms with Gasteiger partial charge in [0.1, 0.15) is 0 Å². The molecule has 1 aromatic heterocycles. The van der Waals surface area contributed by atoms with Gasteiger partial charge < -0.3 is 4.74 Å². The summed E-state index contributed by atoms with van der Waals surface area (Å²) in [6, 6.07) is 18.8. The van der Waals surface area contributed by atoms with Gasteiger partial charge in [-0.2, -0.15) is 9.67 Å². The first-order valence-corrected chi connectivity index (χ1v) is 7.63. The zero-order chi connectivity index (χ0) is 16.2. The first-order chi connectivity index (χ1) is 11.2. The number of nitrogens with zero attached hydrogens (tertiary/aromatic N) is 3. The van der Waals surface area contributed by atoms with Gasteiger partial charge in [0.25, 0.3) is 0 Å². The largest absolute Gasteiger partial charge is 0.448 e. The minimum absolute atomic E-state index is 0.271. The van der Waals surface area contributed by atoms with Crippen molar-refractivity contribution in [2.24, 2.45) is 0 Å². The Morgan fingerprint density at radius 1 is 1.09 bits per heavy atom. The van der Waals surface area contributed by atoms with Crippen LogP contribution in [0.5, 0.6) is 0 Å². The van der Waals surface area contributed by atoms with Gasteiger partial charge >= 0.3 is 6.09 Å². The van der Waals surface area contributed by atoms with E-state index in [-0.39, 0.29) is 6.61 Å². The number of hydrogen-bond donors (Lipinski definition) is 0. The highest BCUT2D eigenvalue weighted by molar-refractivity contribution is 7.71. The van der Waals surface area contributed by atoms with E-state index in [2.05, 4.69) is 4.98 Å². The maximum Gasteiger partial charge on any atom is 0.435 e. The fraction of sp³-hybridized carbons (Fsp3) is 0.118. The lowest BCUT2D eigenvalue weighted by atomic mass is 10.2. The fourth-order valence-corrected chi connectivity index (χ4v) is 2.56. The second-order valence-corrected chi connectivity index (χ2v) is 5.11. The average Bonchev–Trinajstić information content (AvgIpc) is 2.94. The molecule has 0 radical (unpaired) electrons. The third kappa shape index (κ3) is 2.93. The number of hydrogen-bond acceptors (Lipinski definition) is 4. The maximum absolute atomic E-state index is 12.5. The molecule has 1 heterocycles. The van der Waals surface area contributed by atoms with Crippen molar-refractivity contribution in [3.63, 3.8) is 0 Å². The predicted molar refractivity (Wildman–Crippen MR) is 90.2 cm³/mol. The Morgan fingerprint density at radius 3 is 2.30 bits per heavy atom. The number of carbonyl (C=O) groups excluding carboxylic acids is 1. The van der Waals surface area contributed by atoms with Crippen LogP contribution in [0.2, 0.25) is 0 Å². The molecule has 0 fully saturated rings. The molecule has 0 atom stereocenters. The SMILES string of the molecule is CCOC(=O)n1c(-c2ccccc2)nc(=S)n1-c1ccccc1. The van der Waals surface area contributed by atoms with Crippen molar-refractivity contribution in [1.29, 1.82) is 0 Å². The van der Waals surface area contributed by atoms with Crippen molar-refractivity contribution in [2.45, 2.75) is 6.92 Å². The molecule has 23 heavy (non-hydrogen) atoms. The Labute approximate surface area is 138 Å². The third-order valence-electron chi connectivity index (χ3n) is 3.26. The molecule has 0 spiro atoms. The van der Waals surface area contributed by atoms with Gasteiger partial charge in [-0.25, -0.2) is 9.48 Å². The minimum atomic E-state index is -0.515. The van der Waals surface area contributed by atoms with Crippen LogP contribution in [0.1, 0.15) is 6.92 Å². The van der Waals surface area contributed by atoms with E-state index >= 15 is 0 Å². The van der Waals surface area contributed by atoms with Gasteiger partial charge in [0, 0.05) is 5.56 Å². The molecule has 116 valence electrons. The van der Waals surface area contributed by atoms with Crippen LogP contribution in [-0.4, -0.2) is 27.0 Å². The molecule has 0 unspecified atom stereocenters. The molecule has 0 aliphatic rings. The highest BCUT2D eigenvalue weighted by Crippen LogP contribution is 2.21. The van der Waals surface area contributed by atoms with E-state index < -0.39 is 6.09 Å². The second kappa shape index (κ2) is 6.58. The number of aromatic nitrogens is 3. The first kappa shape index (κ1) is 15.2. The maximum atomic E-state index is 12.5. The van der Waals surface area contributed by atoms with Gasteiger partial charge in [-0.05, 0) is 31.3 Å². The molecular weight excluding hydrogens is 310 g/mol. The lowest BCUT2D eigenvalue weighted by Crippen LogP contribution is -2.22. The number of ether oxygens (including phenoxy) is 1. The van der Waals surface area contributed by atoms with Crippen molar-refractivity contribution in [3.8, 4) is 17.1 Å². The van der Waals surface area contributed by atoms with Crippen LogP contribution in [0.25, 0.3) is 17.1 Å². The minimum Gasteiger partial charge on any atom is -0.448 e. The molecule has 3 rings (SSSR count). The highest BCUT2D eigenvalue weighted by atomic mass is 32.1. The molecule has 3 aromatic rings. The van der Waals surface area contributed by atoms with E-state index in [0.717, 1.165) is 11.3 Å². The van der Waals surface area contributed by atoms with Crippen LogP contribution in [-0.2, 0) is 4.74 Å². The molecular formula is C17H15N3O2S. The predicted octanol–water partition coefficient (Wildman–Crippen LogP) is 4.07. The first-order valence-electron chi connectivity index (χ1n) is 7.22. The summed E-state index contributed by atoms with van der Waals surface area (Å²) in [4.78, 5) is 16.9. The number of carbonyl (C=O) groups is 1. The van der Waals surface area contributed by atoms with Crippen molar-refractivity contribution >= 4 is 18.3 Å². The summed E-state index contributed by atoms with van der Waals surface area (Å²) in [5, 5.41) is 0. The van der Waals surface area contributed by atoms with Gasteiger partial charge in [0.2, 0.25) is 4.77 Å². The lowest BCUT2D eigenvalue weighted by molar-refractivity contribution is 0.148. The number of benzene rings is 2. The third-order valence-corrected chi connectivity index (χ3v) is 3.52. The van der Waals surface area contributed by atoms with Crippen molar-refractivity contribution < 1.29 is 9.53 Å². The quantitative estimate of drug-likeness (QED) is 0.681. The van der Waals surface area contributed by atoms with Crippen LogP contribution in [0.3, 0.4) is 0 Å². The standard InChI is InChI=1S/C17H15N3O2S/c1-2-22-17(21)20-15(13-9-5-3-6-10-13)18-16(23)19(20)14-11-7-4-8-12-14/h3-12H,2H2,1H3. The Morgan fingerprint density at radius 2 is 1.70 bits per heavy atom. The van der Waals surface area contributed by atoms with Crippen LogP contribution >= 0.6 is 12.2 Å². The van der Waals surface area contributed by atoms with E-state index in [1.54, 1.807) is 11.6 Å². The van der Waals surface area contributed by atoms with Gasteiger partial charge in [-0.1, -0.05) is 48.5 Å². The number of para-hydroxylation sites is 1. The summed E-state index contributed by atoms with van der Waals surface area (Å²) in [6.07, 6.45) is -0.515. The van der Waals surface area contributed by atoms with Crippen molar-refractivity contribution in [2.75, 3.05) is 6.61 Å². The molecule has 0 aliphatic heterocycles. The van der Waals surface area contributed by atoms with E-state index in [1.165, 1.54) is 4.68 Å². The summed E-state index contributed by atoms with van der Waals surface area (Å²) < 4.78 is 8.43. The van der Waals surface area contributed by atoms with Crippen LogP contribution in [0, 0.1) is 4.77 Å². The topological polar surface area (TPSA) is 49.1 Å². The Balaban J connectivity index is 2.26. The van der Waals surface area contributed by atoms with Gasteiger partial charge in [-0.15, -0.1) is 0 Å². The van der Waals surface area contributed by atoms with Crippen LogP contribution in [0.15, 0.2) is 60.7 Å². The molecule has 6 heteroatoms. The van der Waals surface area contributed by atoms with E-state index in [9.17, 15) is 4.79 Å². The zero-order valence-electron chi connectivity index (χ0n) is 12.5. The highest BCUT2D eigenvalue weighted by Gasteiger charge is 2.20. The second-order valence-electron chi connectivity index (χ2n) is 4.74. The van der Waals surface area contributed by atoms with Gasteiger partial charge in [0.05, 0.1) is 12.3 Å². The van der Waals surface area contributed by atoms with Crippen molar-refractivity contribution in [3.05, 3.63) is 65.4 Å². The Bertz CT molecular complexity index is 870.